The van der Waals surface area contributed by atoms with E-state index >= 15 is 0 Å². The van der Waals surface area contributed by atoms with Crippen molar-refractivity contribution in [2.75, 3.05) is 6.54 Å². The molecule has 4 heteroatoms. The topological polar surface area (TPSA) is 12.0 Å². The fourth-order valence-corrected chi connectivity index (χ4v) is 1.92. The smallest absolute Gasteiger partial charge is 0.133 e. The average molecular weight is 265 g/mol. The van der Waals surface area contributed by atoms with Crippen molar-refractivity contribution in [1.29, 1.82) is 0 Å². The van der Waals surface area contributed by atoms with Gasteiger partial charge in [-0.15, -0.1) is 0 Å². The first-order valence-electron chi connectivity index (χ1n) is 6.06. The third-order valence-electron chi connectivity index (χ3n) is 2.86. The zero-order valence-electron chi connectivity index (χ0n) is 10.5. The van der Waals surface area contributed by atoms with Crippen LogP contribution >= 0.6 is 0 Å². The summed E-state index contributed by atoms with van der Waals surface area (Å²) in [6.07, 6.45) is 0. The second-order valence-corrected chi connectivity index (χ2v) is 4.21. The molecule has 0 aliphatic carbocycles. The van der Waals surface area contributed by atoms with Gasteiger partial charge in [-0.1, -0.05) is 13.0 Å². The van der Waals surface area contributed by atoms with Gasteiger partial charge in [0.2, 0.25) is 0 Å². The Kier molecular flexibility index (Phi) is 4.22. The third kappa shape index (κ3) is 3.15. The minimum atomic E-state index is -0.691. The highest BCUT2D eigenvalue weighted by molar-refractivity contribution is 5.68. The normalized spacial score (nSPS) is 10.7. The van der Waals surface area contributed by atoms with E-state index < -0.39 is 17.5 Å². The molecule has 2 aromatic carbocycles. The number of benzene rings is 2. The van der Waals surface area contributed by atoms with Crippen molar-refractivity contribution in [3.8, 4) is 11.1 Å². The molecule has 0 saturated heterocycles. The maximum Gasteiger partial charge on any atom is 0.133 e. The second-order valence-electron chi connectivity index (χ2n) is 4.21. The van der Waals surface area contributed by atoms with Crippen molar-refractivity contribution in [2.24, 2.45) is 0 Å². The van der Waals surface area contributed by atoms with Crippen LogP contribution in [0.5, 0.6) is 0 Å². The number of halogens is 3. The van der Waals surface area contributed by atoms with E-state index in [0.29, 0.717) is 12.1 Å². The summed E-state index contributed by atoms with van der Waals surface area (Å²) in [6.45, 7) is 3.20. The molecule has 100 valence electrons. The Morgan fingerprint density at radius 3 is 2.26 bits per heavy atom. The van der Waals surface area contributed by atoms with E-state index in [1.807, 2.05) is 6.92 Å². The van der Waals surface area contributed by atoms with Crippen molar-refractivity contribution < 1.29 is 13.2 Å². The van der Waals surface area contributed by atoms with Crippen molar-refractivity contribution in [3.63, 3.8) is 0 Å². The van der Waals surface area contributed by atoms with Crippen molar-refractivity contribution in [3.05, 3.63) is 59.4 Å². The molecule has 1 N–H and O–H groups in total. The molecule has 2 rings (SSSR count). The lowest BCUT2D eigenvalue weighted by Gasteiger charge is -2.11. The Hall–Kier alpha value is -1.81. The zero-order valence-corrected chi connectivity index (χ0v) is 10.5. The lowest BCUT2D eigenvalue weighted by molar-refractivity contribution is 0.585. The van der Waals surface area contributed by atoms with Crippen LogP contribution < -0.4 is 5.32 Å². The molecule has 0 aliphatic heterocycles. The molecule has 0 unspecified atom stereocenters. The number of hydrogen-bond donors (Lipinski definition) is 1. The van der Waals surface area contributed by atoms with Gasteiger partial charge in [0.25, 0.3) is 0 Å². The molecule has 0 fully saturated rings. The second kappa shape index (κ2) is 5.89. The van der Waals surface area contributed by atoms with E-state index in [1.165, 1.54) is 24.3 Å². The summed E-state index contributed by atoms with van der Waals surface area (Å²) in [7, 11) is 0. The maximum atomic E-state index is 13.8. The Morgan fingerprint density at radius 2 is 1.58 bits per heavy atom. The van der Waals surface area contributed by atoms with Crippen LogP contribution in [0.3, 0.4) is 0 Å². The first kappa shape index (κ1) is 13.6. The maximum absolute atomic E-state index is 13.8. The van der Waals surface area contributed by atoms with Gasteiger partial charge in [0, 0.05) is 18.2 Å². The molecule has 0 saturated carbocycles. The van der Waals surface area contributed by atoms with Crippen LogP contribution in [0, 0.1) is 17.5 Å². The summed E-state index contributed by atoms with van der Waals surface area (Å²) < 4.78 is 40.1. The van der Waals surface area contributed by atoms with E-state index in [-0.39, 0.29) is 5.56 Å². The highest BCUT2D eigenvalue weighted by atomic mass is 19.1. The zero-order chi connectivity index (χ0) is 13.8. The van der Waals surface area contributed by atoms with E-state index in [2.05, 4.69) is 5.32 Å². The molecule has 0 amide bonds. The van der Waals surface area contributed by atoms with Crippen LogP contribution in [0.15, 0.2) is 36.4 Å². The summed E-state index contributed by atoms with van der Waals surface area (Å²) in [5, 5.41) is 3.11. The summed E-state index contributed by atoms with van der Waals surface area (Å²) >= 11 is 0. The molecule has 19 heavy (non-hydrogen) atoms. The van der Waals surface area contributed by atoms with Crippen LogP contribution in [-0.4, -0.2) is 6.54 Å². The molecule has 0 aliphatic rings. The van der Waals surface area contributed by atoms with Gasteiger partial charge in [-0.05, 0) is 41.9 Å². The highest BCUT2D eigenvalue weighted by Crippen LogP contribution is 2.27. The number of rotatable bonds is 4. The van der Waals surface area contributed by atoms with Gasteiger partial charge < -0.3 is 5.32 Å². The molecule has 0 spiro atoms. The monoisotopic (exact) mass is 265 g/mol. The van der Waals surface area contributed by atoms with Crippen LogP contribution in [0.2, 0.25) is 0 Å². The van der Waals surface area contributed by atoms with E-state index in [0.717, 1.165) is 18.2 Å². The molecular weight excluding hydrogens is 251 g/mol. The predicted octanol–water partition coefficient (Wildman–Crippen LogP) is 3.88. The molecular formula is C15H14F3N. The number of nitrogens with one attached hydrogen (secondary N) is 1. The Balaban J connectivity index is 2.49. The largest absolute Gasteiger partial charge is 0.313 e. The minimum absolute atomic E-state index is 0.203. The average Bonchev–Trinajstić information content (AvgIpc) is 2.37. The predicted molar refractivity (Wildman–Crippen MR) is 69.1 cm³/mol. The first-order chi connectivity index (χ1) is 9.11. The van der Waals surface area contributed by atoms with Crippen LogP contribution in [0.4, 0.5) is 13.2 Å². The van der Waals surface area contributed by atoms with Gasteiger partial charge >= 0.3 is 0 Å². The van der Waals surface area contributed by atoms with Gasteiger partial charge in [-0.2, -0.15) is 0 Å². The van der Waals surface area contributed by atoms with Gasteiger partial charge in [0.05, 0.1) is 0 Å². The van der Waals surface area contributed by atoms with Crippen molar-refractivity contribution >= 4 is 0 Å². The standard InChI is InChI=1S/C15H14F3N/c1-2-19-9-10-3-4-11(16)7-14(10)13-6-5-12(17)8-15(13)18/h3-8,19H,2,9H2,1H3. The quantitative estimate of drug-likeness (QED) is 0.884. The van der Waals surface area contributed by atoms with Gasteiger partial charge in [-0.25, -0.2) is 13.2 Å². The fourth-order valence-electron chi connectivity index (χ4n) is 1.92. The lowest BCUT2D eigenvalue weighted by atomic mass is 9.99. The van der Waals surface area contributed by atoms with Gasteiger partial charge in [-0.3, -0.25) is 0 Å². The van der Waals surface area contributed by atoms with Crippen LogP contribution in [-0.2, 0) is 6.54 Å². The van der Waals surface area contributed by atoms with Crippen LogP contribution in [0.25, 0.3) is 11.1 Å². The molecule has 0 aromatic heterocycles. The molecule has 0 bridgehead atoms. The fraction of sp³-hybridized carbons (Fsp3) is 0.200. The van der Waals surface area contributed by atoms with Crippen molar-refractivity contribution in [1.82, 2.24) is 5.32 Å². The minimum Gasteiger partial charge on any atom is -0.313 e. The Labute approximate surface area is 110 Å². The Bertz CT molecular complexity index is 582. The number of hydrogen-bond acceptors (Lipinski definition) is 1. The molecule has 0 heterocycles. The third-order valence-corrected chi connectivity index (χ3v) is 2.86. The van der Waals surface area contributed by atoms with Crippen molar-refractivity contribution in [2.45, 2.75) is 13.5 Å². The van der Waals surface area contributed by atoms with Gasteiger partial charge in [0.1, 0.15) is 17.5 Å². The Morgan fingerprint density at radius 1 is 0.895 bits per heavy atom. The SMILES string of the molecule is CCNCc1ccc(F)cc1-c1ccc(F)cc1F. The molecule has 1 nitrogen and oxygen atoms in total. The summed E-state index contributed by atoms with van der Waals surface area (Å²) in [4.78, 5) is 0. The van der Waals surface area contributed by atoms with E-state index in [1.54, 1.807) is 6.07 Å². The molecule has 2 aromatic rings. The van der Waals surface area contributed by atoms with E-state index in [9.17, 15) is 13.2 Å². The lowest BCUT2D eigenvalue weighted by Crippen LogP contribution is -2.12. The summed E-state index contributed by atoms with van der Waals surface area (Å²) in [5.41, 5.74) is 1.42. The summed E-state index contributed by atoms with van der Waals surface area (Å²) in [6, 6.07) is 7.50. The highest BCUT2D eigenvalue weighted by Gasteiger charge is 2.11. The molecule has 0 radical (unpaired) electrons. The first-order valence-corrected chi connectivity index (χ1v) is 6.06. The molecule has 0 atom stereocenters. The van der Waals surface area contributed by atoms with Crippen LogP contribution in [0.1, 0.15) is 12.5 Å². The van der Waals surface area contributed by atoms with Gasteiger partial charge in [0.15, 0.2) is 0 Å². The van der Waals surface area contributed by atoms with E-state index in [4.69, 9.17) is 0 Å². The summed E-state index contributed by atoms with van der Waals surface area (Å²) in [5.74, 6) is -1.78.